The van der Waals surface area contributed by atoms with Crippen molar-refractivity contribution in [1.29, 1.82) is 0 Å². The van der Waals surface area contributed by atoms with Crippen molar-refractivity contribution in [2.75, 3.05) is 11.1 Å². The van der Waals surface area contributed by atoms with Crippen LogP contribution in [-0.4, -0.2) is 43.1 Å². The Balaban J connectivity index is 1.37. The molecule has 0 radical (unpaired) electrons. The summed E-state index contributed by atoms with van der Waals surface area (Å²) in [4.78, 5) is 11.6. The highest BCUT2D eigenvalue weighted by atomic mass is 32.2. The van der Waals surface area contributed by atoms with Gasteiger partial charge in [-0.25, -0.2) is 0 Å². The van der Waals surface area contributed by atoms with Crippen LogP contribution in [0.2, 0.25) is 0 Å². The molecular formula is C27H27N5O4S. The number of aliphatic hydroxyl groups excluding tert-OH is 1. The predicted octanol–water partition coefficient (Wildman–Crippen LogP) is 4.45. The van der Waals surface area contributed by atoms with Gasteiger partial charge in [0.05, 0.1) is 24.5 Å². The van der Waals surface area contributed by atoms with Gasteiger partial charge in [0.2, 0.25) is 11.1 Å². The van der Waals surface area contributed by atoms with Crippen molar-refractivity contribution in [3.8, 4) is 5.69 Å². The fourth-order valence-electron chi connectivity index (χ4n) is 4.16. The predicted molar refractivity (Wildman–Crippen MR) is 139 cm³/mol. The number of anilines is 1. The number of hydrogen-bond donors (Lipinski definition) is 2. The van der Waals surface area contributed by atoms with E-state index < -0.39 is 6.29 Å². The first kappa shape index (κ1) is 25.1. The van der Waals surface area contributed by atoms with Gasteiger partial charge in [0.25, 0.3) is 0 Å². The van der Waals surface area contributed by atoms with E-state index in [9.17, 15) is 9.90 Å². The maximum atomic E-state index is 11.6. The number of thioether (sulfide) groups is 1. The zero-order valence-corrected chi connectivity index (χ0v) is 21.0. The quantitative estimate of drug-likeness (QED) is 0.330. The number of aromatic nitrogens is 4. The molecule has 3 atom stereocenters. The Morgan fingerprint density at radius 3 is 2.62 bits per heavy atom. The first-order valence-corrected chi connectivity index (χ1v) is 12.9. The summed E-state index contributed by atoms with van der Waals surface area (Å²) in [5.41, 5.74) is 4.23. The van der Waals surface area contributed by atoms with E-state index in [1.165, 1.54) is 18.7 Å². The number of carbonyl (C=O) groups is 1. The van der Waals surface area contributed by atoms with E-state index in [1.807, 2.05) is 78.9 Å². The molecule has 37 heavy (non-hydrogen) atoms. The van der Waals surface area contributed by atoms with Crippen molar-refractivity contribution in [2.24, 2.45) is 0 Å². The van der Waals surface area contributed by atoms with Gasteiger partial charge in [-0.1, -0.05) is 66.4 Å². The molecule has 2 heterocycles. The van der Waals surface area contributed by atoms with Crippen molar-refractivity contribution in [3.05, 3.63) is 95.6 Å². The maximum Gasteiger partial charge on any atom is 0.221 e. The number of tetrazole rings is 1. The highest BCUT2D eigenvalue weighted by molar-refractivity contribution is 7.99. The van der Waals surface area contributed by atoms with Gasteiger partial charge in [-0.3, -0.25) is 4.79 Å². The average Bonchev–Trinajstić information content (AvgIpc) is 3.41. The molecule has 0 unspecified atom stereocenters. The topological polar surface area (TPSA) is 111 Å². The summed E-state index contributed by atoms with van der Waals surface area (Å²) in [6.45, 7) is 1.46. The second-order valence-electron chi connectivity index (χ2n) is 8.68. The average molecular weight is 518 g/mol. The monoisotopic (exact) mass is 517 g/mol. The van der Waals surface area contributed by atoms with E-state index in [4.69, 9.17) is 9.47 Å². The summed E-state index contributed by atoms with van der Waals surface area (Å²) in [6.07, 6.45) is -0.357. The third-order valence-electron chi connectivity index (χ3n) is 5.93. The van der Waals surface area contributed by atoms with Crippen molar-refractivity contribution < 1.29 is 19.4 Å². The van der Waals surface area contributed by atoms with Crippen LogP contribution < -0.4 is 5.32 Å². The molecule has 0 bridgehead atoms. The molecule has 4 aromatic rings. The zero-order valence-electron chi connectivity index (χ0n) is 20.2. The Bertz CT molecular complexity index is 1330. The summed E-state index contributed by atoms with van der Waals surface area (Å²) in [5.74, 6) is 0.471. The molecule has 10 heteroatoms. The van der Waals surface area contributed by atoms with Crippen molar-refractivity contribution >= 4 is 23.4 Å². The smallest absolute Gasteiger partial charge is 0.221 e. The van der Waals surface area contributed by atoms with E-state index in [0.29, 0.717) is 23.0 Å². The van der Waals surface area contributed by atoms with Crippen LogP contribution >= 0.6 is 11.8 Å². The van der Waals surface area contributed by atoms with Gasteiger partial charge in [-0.2, -0.15) is 4.68 Å². The number of carbonyl (C=O) groups excluding carboxylic acids is 1. The molecule has 1 fully saturated rings. The van der Waals surface area contributed by atoms with Gasteiger partial charge < -0.3 is 19.9 Å². The Morgan fingerprint density at radius 1 is 1.05 bits per heavy atom. The maximum absolute atomic E-state index is 11.6. The van der Waals surface area contributed by atoms with E-state index in [-0.39, 0.29) is 24.7 Å². The molecule has 1 aromatic heterocycles. The summed E-state index contributed by atoms with van der Waals surface area (Å²) in [5, 5.41) is 25.1. The molecule has 0 saturated carbocycles. The first-order valence-electron chi connectivity index (χ1n) is 11.9. The normalized spacial score (nSPS) is 19.5. The van der Waals surface area contributed by atoms with Gasteiger partial charge in [0.1, 0.15) is 0 Å². The van der Waals surface area contributed by atoms with E-state index in [0.717, 1.165) is 22.4 Å². The van der Waals surface area contributed by atoms with Gasteiger partial charge in [-0.15, -0.1) is 5.10 Å². The van der Waals surface area contributed by atoms with E-state index in [2.05, 4.69) is 20.8 Å². The van der Waals surface area contributed by atoms with Crippen molar-refractivity contribution in [1.82, 2.24) is 20.2 Å². The molecule has 5 rings (SSSR count). The second kappa shape index (κ2) is 11.7. The fraction of sp³-hybridized carbons (Fsp3) is 0.259. The Kier molecular flexibility index (Phi) is 7.90. The summed E-state index contributed by atoms with van der Waals surface area (Å²) in [6, 6.07) is 25.0. The number of ether oxygens (including phenoxy) is 2. The molecule has 0 spiro atoms. The SMILES string of the molecule is CC(=O)Nc1cccc([C@H]2O[C@@H](CSc3nnnn3-c3ccccc3)C[C@@H](c3ccc(CO)cc3)O2)c1. The number of hydrogen-bond acceptors (Lipinski definition) is 8. The summed E-state index contributed by atoms with van der Waals surface area (Å²) < 4.78 is 14.5. The molecule has 1 amide bonds. The van der Waals surface area contributed by atoms with Crippen LogP contribution in [0.4, 0.5) is 5.69 Å². The van der Waals surface area contributed by atoms with Crippen LogP contribution in [0.15, 0.2) is 84.0 Å². The third-order valence-corrected chi connectivity index (χ3v) is 6.99. The standard InChI is InChI=1S/C27H27N5O4S/c1-18(34)28-22-7-5-6-21(14-22)26-35-24(15-25(36-26)20-12-10-19(16-33)11-13-20)17-37-27-29-30-31-32(27)23-8-3-2-4-9-23/h2-14,24-26,33H,15-17H2,1H3,(H,28,34)/t24-,25+,26+/m1/s1. The van der Waals surface area contributed by atoms with Gasteiger partial charge in [0.15, 0.2) is 6.29 Å². The van der Waals surface area contributed by atoms with Crippen LogP contribution in [0.1, 0.15) is 42.4 Å². The van der Waals surface area contributed by atoms with Crippen LogP contribution in [0.3, 0.4) is 0 Å². The zero-order chi connectivity index (χ0) is 25.6. The molecule has 1 aliphatic heterocycles. The van der Waals surface area contributed by atoms with Crippen molar-refractivity contribution in [3.63, 3.8) is 0 Å². The van der Waals surface area contributed by atoms with E-state index in [1.54, 1.807) is 4.68 Å². The van der Waals surface area contributed by atoms with Crippen LogP contribution in [0.5, 0.6) is 0 Å². The number of nitrogens with zero attached hydrogens (tertiary/aromatic N) is 4. The Labute approximate surface area is 218 Å². The molecule has 9 nitrogen and oxygen atoms in total. The lowest BCUT2D eigenvalue weighted by Gasteiger charge is -2.36. The van der Waals surface area contributed by atoms with Gasteiger partial charge in [-0.05, 0) is 45.8 Å². The minimum absolute atomic E-state index is 0.0110. The number of aliphatic hydroxyl groups is 1. The molecule has 1 aliphatic rings. The number of amides is 1. The third kappa shape index (κ3) is 6.23. The van der Waals surface area contributed by atoms with Gasteiger partial charge >= 0.3 is 0 Å². The second-order valence-corrected chi connectivity index (χ2v) is 9.66. The van der Waals surface area contributed by atoms with Crippen LogP contribution in [0.25, 0.3) is 5.69 Å². The van der Waals surface area contributed by atoms with Crippen molar-refractivity contribution in [2.45, 2.75) is 43.6 Å². The lowest BCUT2D eigenvalue weighted by atomic mass is 10.0. The Morgan fingerprint density at radius 2 is 1.86 bits per heavy atom. The molecule has 190 valence electrons. The van der Waals surface area contributed by atoms with Crippen LogP contribution in [0, 0.1) is 0 Å². The first-order chi connectivity index (χ1) is 18.1. The molecule has 1 saturated heterocycles. The highest BCUT2D eigenvalue weighted by Crippen LogP contribution is 2.39. The fourth-order valence-corrected chi connectivity index (χ4v) is 5.06. The van der Waals surface area contributed by atoms with E-state index >= 15 is 0 Å². The minimum Gasteiger partial charge on any atom is -0.392 e. The highest BCUT2D eigenvalue weighted by Gasteiger charge is 2.32. The van der Waals surface area contributed by atoms with Crippen LogP contribution in [-0.2, 0) is 20.9 Å². The number of nitrogens with one attached hydrogen (secondary N) is 1. The lowest BCUT2D eigenvalue weighted by Crippen LogP contribution is -2.31. The minimum atomic E-state index is -0.624. The lowest BCUT2D eigenvalue weighted by molar-refractivity contribution is -0.245. The summed E-state index contributed by atoms with van der Waals surface area (Å²) >= 11 is 1.52. The number of para-hydroxylation sites is 1. The number of benzene rings is 3. The molecule has 0 aliphatic carbocycles. The molecule has 2 N–H and O–H groups in total. The largest absolute Gasteiger partial charge is 0.392 e. The molecule has 3 aromatic carbocycles. The summed E-state index contributed by atoms with van der Waals surface area (Å²) in [7, 11) is 0. The number of rotatable bonds is 8. The molecular weight excluding hydrogens is 490 g/mol. The Hall–Kier alpha value is -3.57. The van der Waals surface area contributed by atoms with Gasteiger partial charge in [0, 0.05) is 30.3 Å².